The summed E-state index contributed by atoms with van der Waals surface area (Å²) in [5.41, 5.74) is 3.49. The molecule has 1 N–H and O–H groups in total. The Morgan fingerprint density at radius 2 is 1.90 bits per heavy atom. The first-order valence-corrected chi connectivity index (χ1v) is 7.17. The third-order valence-corrected chi connectivity index (χ3v) is 3.24. The molecule has 0 saturated heterocycles. The zero-order valence-corrected chi connectivity index (χ0v) is 12.6. The van der Waals surface area contributed by atoms with Gasteiger partial charge in [-0.25, -0.2) is 4.98 Å². The first-order chi connectivity index (χ1) is 9.70. The summed E-state index contributed by atoms with van der Waals surface area (Å²) in [5, 5.41) is 3.44. The van der Waals surface area contributed by atoms with Crippen molar-refractivity contribution in [3.63, 3.8) is 0 Å². The lowest BCUT2D eigenvalue weighted by Gasteiger charge is -2.19. The molecule has 0 aliphatic heterocycles. The lowest BCUT2D eigenvalue weighted by Crippen LogP contribution is -2.16. The Labute approximate surface area is 121 Å². The molecule has 0 aliphatic rings. The number of anilines is 2. The van der Waals surface area contributed by atoms with Gasteiger partial charge in [-0.2, -0.15) is 0 Å². The van der Waals surface area contributed by atoms with Crippen molar-refractivity contribution in [2.24, 2.45) is 0 Å². The van der Waals surface area contributed by atoms with E-state index in [-0.39, 0.29) is 0 Å². The number of nitrogens with zero attached hydrogens (tertiary/aromatic N) is 2. The van der Waals surface area contributed by atoms with E-state index in [1.54, 1.807) is 0 Å². The van der Waals surface area contributed by atoms with Crippen LogP contribution in [0.1, 0.15) is 24.6 Å². The van der Waals surface area contributed by atoms with E-state index in [0.717, 1.165) is 36.7 Å². The monoisotopic (exact) mass is 269 g/mol. The van der Waals surface area contributed by atoms with E-state index >= 15 is 0 Å². The van der Waals surface area contributed by atoms with Crippen molar-refractivity contribution in [2.45, 2.75) is 26.8 Å². The minimum atomic E-state index is 0.896. The van der Waals surface area contributed by atoms with Gasteiger partial charge in [0.05, 0.1) is 0 Å². The molecule has 0 fully saturated rings. The highest BCUT2D eigenvalue weighted by atomic mass is 15.2. The number of aromatic nitrogens is 1. The number of nitrogens with one attached hydrogen (secondary N) is 1. The molecule has 1 aromatic carbocycles. The first kappa shape index (κ1) is 14.5. The topological polar surface area (TPSA) is 28.2 Å². The molecule has 0 saturated carbocycles. The van der Waals surface area contributed by atoms with Gasteiger partial charge in [0.15, 0.2) is 0 Å². The number of benzene rings is 1. The Bertz CT molecular complexity index is 537. The molecule has 1 heterocycles. The van der Waals surface area contributed by atoms with Crippen LogP contribution in [0.3, 0.4) is 0 Å². The molecule has 2 aromatic rings. The van der Waals surface area contributed by atoms with Crippen molar-refractivity contribution in [3.8, 4) is 0 Å². The van der Waals surface area contributed by atoms with Crippen LogP contribution in [0.4, 0.5) is 11.5 Å². The van der Waals surface area contributed by atoms with Crippen LogP contribution in [-0.4, -0.2) is 18.6 Å². The molecule has 0 unspecified atom stereocenters. The molecule has 20 heavy (non-hydrogen) atoms. The zero-order chi connectivity index (χ0) is 14.4. The average Bonchev–Trinajstić information content (AvgIpc) is 2.47. The summed E-state index contributed by atoms with van der Waals surface area (Å²) < 4.78 is 0. The Hall–Kier alpha value is -1.87. The van der Waals surface area contributed by atoms with Gasteiger partial charge < -0.3 is 10.2 Å². The van der Waals surface area contributed by atoms with Gasteiger partial charge in [-0.15, -0.1) is 0 Å². The van der Waals surface area contributed by atoms with Crippen LogP contribution < -0.4 is 10.2 Å². The highest BCUT2D eigenvalue weighted by molar-refractivity contribution is 5.59. The predicted octanol–water partition coefficient (Wildman–Crippen LogP) is 3.66. The van der Waals surface area contributed by atoms with Crippen LogP contribution in [0.25, 0.3) is 0 Å². The van der Waals surface area contributed by atoms with Gasteiger partial charge in [0.1, 0.15) is 5.82 Å². The lowest BCUT2D eigenvalue weighted by molar-refractivity contribution is 0.674. The van der Waals surface area contributed by atoms with Crippen molar-refractivity contribution in [2.75, 3.05) is 18.5 Å². The summed E-state index contributed by atoms with van der Waals surface area (Å²) in [4.78, 5) is 6.76. The molecular weight excluding hydrogens is 246 g/mol. The molecule has 2 rings (SSSR count). The molecule has 0 bridgehead atoms. The van der Waals surface area contributed by atoms with Gasteiger partial charge in [-0.05, 0) is 49.7 Å². The van der Waals surface area contributed by atoms with Crippen LogP contribution in [0, 0.1) is 6.92 Å². The Kier molecular flexibility index (Phi) is 5.13. The summed E-state index contributed by atoms with van der Waals surface area (Å²) in [6.45, 7) is 6.17. The first-order valence-electron chi connectivity index (χ1n) is 7.17. The van der Waals surface area contributed by atoms with Crippen LogP contribution in [0.2, 0.25) is 0 Å². The van der Waals surface area contributed by atoms with Crippen molar-refractivity contribution >= 4 is 11.5 Å². The normalized spacial score (nSPS) is 10.6. The third-order valence-electron chi connectivity index (χ3n) is 3.24. The van der Waals surface area contributed by atoms with E-state index in [2.05, 4.69) is 53.4 Å². The van der Waals surface area contributed by atoms with Crippen LogP contribution >= 0.6 is 0 Å². The van der Waals surface area contributed by atoms with Gasteiger partial charge in [0, 0.05) is 25.0 Å². The highest BCUT2D eigenvalue weighted by Crippen LogP contribution is 2.22. The molecule has 0 amide bonds. The average molecular weight is 269 g/mol. The van der Waals surface area contributed by atoms with E-state index in [1.807, 2.05) is 25.1 Å². The minimum absolute atomic E-state index is 0.896. The molecular formula is C17H23N3. The van der Waals surface area contributed by atoms with Gasteiger partial charge in [0.25, 0.3) is 0 Å². The number of aryl methyl sites for hydroxylation is 1. The molecule has 106 valence electrons. The summed E-state index contributed by atoms with van der Waals surface area (Å²) in [6, 6.07) is 14.6. The van der Waals surface area contributed by atoms with Gasteiger partial charge in [0.2, 0.25) is 0 Å². The second-order valence-electron chi connectivity index (χ2n) is 5.05. The van der Waals surface area contributed by atoms with Gasteiger partial charge in [-0.1, -0.05) is 25.1 Å². The summed E-state index contributed by atoms with van der Waals surface area (Å²) in [6.07, 6.45) is 1.15. The number of para-hydroxylation sites is 1. The van der Waals surface area contributed by atoms with Crippen molar-refractivity contribution in [1.82, 2.24) is 10.3 Å². The molecule has 3 nitrogen and oxygen atoms in total. The SMILES string of the molecule is CCCNCc1cc(C)nc(N(C)c2ccccc2)c1. The van der Waals surface area contributed by atoms with Gasteiger partial charge >= 0.3 is 0 Å². The number of pyridine rings is 1. The number of hydrogen-bond acceptors (Lipinski definition) is 3. The molecule has 0 atom stereocenters. The standard InChI is InChI=1S/C17H23N3/c1-4-10-18-13-15-11-14(2)19-17(12-15)20(3)16-8-6-5-7-9-16/h5-9,11-12,18H,4,10,13H2,1-3H3. The Morgan fingerprint density at radius 3 is 2.60 bits per heavy atom. The largest absolute Gasteiger partial charge is 0.329 e. The summed E-state index contributed by atoms with van der Waals surface area (Å²) in [7, 11) is 2.06. The maximum absolute atomic E-state index is 4.64. The van der Waals surface area contributed by atoms with Gasteiger partial charge in [-0.3, -0.25) is 0 Å². The third kappa shape index (κ3) is 3.81. The van der Waals surface area contributed by atoms with Crippen LogP contribution in [-0.2, 0) is 6.54 Å². The van der Waals surface area contributed by atoms with E-state index in [4.69, 9.17) is 0 Å². The lowest BCUT2D eigenvalue weighted by atomic mass is 10.2. The molecule has 0 radical (unpaired) electrons. The van der Waals surface area contributed by atoms with Crippen LogP contribution in [0.5, 0.6) is 0 Å². The Balaban J connectivity index is 2.19. The minimum Gasteiger partial charge on any atom is -0.329 e. The molecule has 0 spiro atoms. The van der Waals surface area contributed by atoms with Crippen molar-refractivity contribution in [3.05, 3.63) is 53.7 Å². The smallest absolute Gasteiger partial charge is 0.133 e. The molecule has 1 aromatic heterocycles. The Morgan fingerprint density at radius 1 is 1.15 bits per heavy atom. The summed E-state index contributed by atoms with van der Waals surface area (Å²) in [5.74, 6) is 0.990. The zero-order valence-electron chi connectivity index (χ0n) is 12.6. The quantitative estimate of drug-likeness (QED) is 0.811. The fraction of sp³-hybridized carbons (Fsp3) is 0.353. The summed E-state index contributed by atoms with van der Waals surface area (Å²) >= 11 is 0. The van der Waals surface area contributed by atoms with Crippen LogP contribution in [0.15, 0.2) is 42.5 Å². The second-order valence-corrected chi connectivity index (χ2v) is 5.05. The fourth-order valence-electron chi connectivity index (χ4n) is 2.19. The van der Waals surface area contributed by atoms with Crippen molar-refractivity contribution in [1.29, 1.82) is 0 Å². The number of rotatable bonds is 6. The molecule has 3 heteroatoms. The highest BCUT2D eigenvalue weighted by Gasteiger charge is 2.07. The van der Waals surface area contributed by atoms with E-state index < -0.39 is 0 Å². The second kappa shape index (κ2) is 7.06. The number of hydrogen-bond donors (Lipinski definition) is 1. The maximum Gasteiger partial charge on any atom is 0.133 e. The van der Waals surface area contributed by atoms with E-state index in [0.29, 0.717) is 0 Å². The predicted molar refractivity (Wildman–Crippen MR) is 85.5 cm³/mol. The fourth-order valence-corrected chi connectivity index (χ4v) is 2.19. The van der Waals surface area contributed by atoms with E-state index in [1.165, 1.54) is 5.56 Å². The maximum atomic E-state index is 4.64. The van der Waals surface area contributed by atoms with E-state index in [9.17, 15) is 0 Å². The molecule has 0 aliphatic carbocycles. The van der Waals surface area contributed by atoms with Crippen molar-refractivity contribution < 1.29 is 0 Å².